The van der Waals surface area contributed by atoms with E-state index in [0.29, 0.717) is 22.0 Å². The van der Waals surface area contributed by atoms with Gasteiger partial charge >= 0.3 is 34.0 Å². The van der Waals surface area contributed by atoms with E-state index in [-0.39, 0.29) is 26.4 Å². The molecule has 2 aromatic rings. The van der Waals surface area contributed by atoms with E-state index in [4.69, 9.17) is 21.1 Å². The minimum absolute atomic E-state index is 0.00693. The molecule has 2 heterocycles. The Kier molecular flexibility index (Phi) is 8.50. The number of amides is 1. The van der Waals surface area contributed by atoms with Gasteiger partial charge in [-0.25, -0.2) is 4.90 Å². The number of ether oxygens (including phenoxy) is 2. The molecule has 0 N–H and O–H groups in total. The minimum atomic E-state index is -5.11. The van der Waals surface area contributed by atoms with Crippen LogP contribution in [-0.4, -0.2) is 64.1 Å². The Morgan fingerprint density at radius 2 is 1.95 bits per heavy atom. The van der Waals surface area contributed by atoms with E-state index in [2.05, 4.69) is 20.9 Å². The molecule has 0 bridgehead atoms. The van der Waals surface area contributed by atoms with Crippen molar-refractivity contribution in [3.05, 3.63) is 50.5 Å². The SMILES string of the molecule is COCC(=O)N(c1c(C)ccc(Cl)c1C)C1([N+]2(S(=O)(=O)N(C)C)C(C#N)=Nc3c(Br)cc(C(F)(F)F)cc32)CCC(=O)O1. The van der Waals surface area contributed by atoms with Crippen LogP contribution in [0.15, 0.2) is 33.7 Å². The Labute approximate surface area is 258 Å². The second-order valence-corrected chi connectivity index (χ2v) is 13.4. The number of halogens is 5. The molecule has 0 radical (unpaired) electrons. The third kappa shape index (κ3) is 4.73. The zero-order valence-corrected chi connectivity index (χ0v) is 26.6. The summed E-state index contributed by atoms with van der Waals surface area (Å²) in [7, 11) is -1.73. The van der Waals surface area contributed by atoms with Crippen LogP contribution in [0, 0.1) is 25.2 Å². The molecule has 0 aliphatic carbocycles. The Bertz CT molecular complexity index is 1730. The molecule has 2 aliphatic rings. The number of alkyl halides is 3. The molecular formula is C26H25BrClF3N5O6S+. The summed E-state index contributed by atoms with van der Waals surface area (Å²) in [5.74, 6) is -5.52. The topological polar surface area (TPSA) is 129 Å². The number of benzene rings is 2. The number of aliphatic imine (C=N–C) groups is 1. The summed E-state index contributed by atoms with van der Waals surface area (Å²) in [4.78, 5) is 32.2. The first-order valence-corrected chi connectivity index (χ1v) is 15.0. The molecule has 11 nitrogen and oxygen atoms in total. The largest absolute Gasteiger partial charge is 0.416 e. The van der Waals surface area contributed by atoms with Crippen LogP contribution in [0.25, 0.3) is 0 Å². The van der Waals surface area contributed by atoms with Gasteiger partial charge in [-0.2, -0.15) is 36.1 Å². The number of nitrogens with zero attached hydrogens (tertiary/aromatic N) is 5. The monoisotopic (exact) mass is 706 g/mol. The van der Waals surface area contributed by atoms with E-state index in [1.807, 2.05) is 0 Å². The van der Waals surface area contributed by atoms with E-state index in [1.54, 1.807) is 13.0 Å². The molecule has 2 unspecified atom stereocenters. The number of carbonyl (C=O) groups is 2. The Morgan fingerprint density at radius 1 is 1.30 bits per heavy atom. The predicted octanol–water partition coefficient (Wildman–Crippen LogP) is 5.09. The number of amidine groups is 1. The number of carbonyl (C=O) groups excluding carboxylic acids is 2. The molecule has 0 saturated carbocycles. The van der Waals surface area contributed by atoms with Gasteiger partial charge in [0.05, 0.1) is 28.6 Å². The van der Waals surface area contributed by atoms with Crippen molar-refractivity contribution in [3.63, 3.8) is 0 Å². The highest BCUT2D eigenvalue weighted by Crippen LogP contribution is 2.58. The molecule has 0 aromatic heterocycles. The van der Waals surface area contributed by atoms with Crippen molar-refractivity contribution in [2.24, 2.45) is 4.99 Å². The molecule has 4 rings (SSSR count). The van der Waals surface area contributed by atoms with E-state index in [0.717, 1.165) is 19.0 Å². The maximum Gasteiger partial charge on any atom is 0.416 e. The fraction of sp³-hybridized carbons (Fsp3) is 0.385. The molecule has 2 aliphatic heterocycles. The molecule has 2 aromatic carbocycles. The normalized spacial score (nSPS) is 21.8. The van der Waals surface area contributed by atoms with Gasteiger partial charge in [-0.3, -0.25) is 9.59 Å². The number of quaternary nitrogens is 1. The van der Waals surface area contributed by atoms with E-state index >= 15 is 0 Å². The second-order valence-electron chi connectivity index (χ2n) is 9.96. The minimum Gasteiger partial charge on any atom is -0.388 e. The van der Waals surface area contributed by atoms with Gasteiger partial charge in [-0.05, 0) is 53.0 Å². The van der Waals surface area contributed by atoms with Crippen molar-refractivity contribution >= 4 is 72.5 Å². The first-order chi connectivity index (χ1) is 19.9. The first-order valence-electron chi connectivity index (χ1n) is 12.4. The van der Waals surface area contributed by atoms with Crippen LogP contribution >= 0.6 is 27.5 Å². The van der Waals surface area contributed by atoms with E-state index < -0.39 is 74.5 Å². The van der Waals surface area contributed by atoms with Gasteiger partial charge in [0.1, 0.15) is 12.3 Å². The Hall–Kier alpha value is -3.07. The zero-order valence-electron chi connectivity index (χ0n) is 23.4. The van der Waals surface area contributed by atoms with Crippen LogP contribution in [0.2, 0.25) is 5.02 Å². The lowest BCUT2D eigenvalue weighted by atomic mass is 10.0. The number of fused-ring (bicyclic) bond motifs is 1. The number of methoxy groups -OCH3 is 1. The summed E-state index contributed by atoms with van der Waals surface area (Å²) in [5, 5.41) is 10.6. The van der Waals surface area contributed by atoms with E-state index in [9.17, 15) is 36.4 Å². The van der Waals surface area contributed by atoms with Crippen LogP contribution in [0.5, 0.6) is 0 Å². The lowest BCUT2D eigenvalue weighted by Crippen LogP contribution is -2.79. The van der Waals surface area contributed by atoms with Crippen molar-refractivity contribution < 1.29 is 40.7 Å². The third-order valence-corrected chi connectivity index (χ3v) is 10.5. The second kappa shape index (κ2) is 11.1. The summed E-state index contributed by atoms with van der Waals surface area (Å²) in [6, 6.07) is 5.99. The highest BCUT2D eigenvalue weighted by Gasteiger charge is 2.77. The van der Waals surface area contributed by atoms with Crippen molar-refractivity contribution in [1.29, 1.82) is 5.26 Å². The predicted molar refractivity (Wildman–Crippen MR) is 155 cm³/mol. The maximum atomic E-state index is 14.7. The van der Waals surface area contributed by atoms with Gasteiger partial charge in [-0.1, -0.05) is 21.6 Å². The summed E-state index contributed by atoms with van der Waals surface area (Å²) in [6.07, 6.45) is -6.02. The standard InChI is InChI=1S/C26H25BrClF3N5O6S/c1-14-6-7-18(28)15(2)24(14)35(21(37)13-41-5)25(9-8-22(38)42-25)36(43(39,40)34(3)4)19-11-16(26(29,30)31)10-17(27)23(19)33-20(36)12-32/h6-7,10-11H,8-9,13H2,1-5H3/q+1. The summed E-state index contributed by atoms with van der Waals surface area (Å²) in [6.45, 7) is 2.43. The van der Waals surface area contributed by atoms with Gasteiger partial charge in [0, 0.05) is 32.3 Å². The van der Waals surface area contributed by atoms with Gasteiger partial charge in [-0.15, -0.1) is 0 Å². The highest BCUT2D eigenvalue weighted by atomic mass is 79.9. The number of anilines is 1. The number of hydrogen-bond donors (Lipinski definition) is 0. The summed E-state index contributed by atoms with van der Waals surface area (Å²) < 4.78 is 81.4. The number of nitriles is 1. The summed E-state index contributed by atoms with van der Waals surface area (Å²) in [5.41, 5.74) is -1.66. The maximum absolute atomic E-state index is 14.7. The van der Waals surface area contributed by atoms with Gasteiger partial charge in [0.2, 0.25) is 0 Å². The molecule has 230 valence electrons. The number of rotatable bonds is 7. The number of cyclic esters (lactones) is 1. The van der Waals surface area contributed by atoms with Crippen LogP contribution in [0.1, 0.15) is 29.5 Å². The fourth-order valence-electron chi connectivity index (χ4n) is 5.40. The molecule has 1 saturated heterocycles. The zero-order chi connectivity index (χ0) is 32.3. The lowest BCUT2D eigenvalue weighted by molar-refractivity contribution is -0.157. The van der Waals surface area contributed by atoms with Crippen molar-refractivity contribution in [2.75, 3.05) is 32.7 Å². The molecule has 17 heteroatoms. The number of aryl methyl sites for hydroxylation is 1. The summed E-state index contributed by atoms with van der Waals surface area (Å²) >= 11 is 9.49. The van der Waals surface area contributed by atoms with Crippen molar-refractivity contribution in [2.45, 2.75) is 38.7 Å². The van der Waals surface area contributed by atoms with Crippen LogP contribution in [0.3, 0.4) is 0 Å². The van der Waals surface area contributed by atoms with Gasteiger partial charge < -0.3 is 9.47 Å². The molecule has 43 heavy (non-hydrogen) atoms. The average Bonchev–Trinajstić information content (AvgIpc) is 3.47. The average molecular weight is 708 g/mol. The molecule has 1 fully saturated rings. The number of hydrogen-bond acceptors (Lipinski definition) is 8. The Morgan fingerprint density at radius 3 is 2.47 bits per heavy atom. The third-order valence-electron chi connectivity index (χ3n) is 7.21. The van der Waals surface area contributed by atoms with Crippen molar-refractivity contribution in [3.8, 4) is 6.07 Å². The van der Waals surface area contributed by atoms with Gasteiger partial charge in [0.25, 0.3) is 5.91 Å². The van der Waals surface area contributed by atoms with Crippen LogP contribution < -0.4 is 8.79 Å². The van der Waals surface area contributed by atoms with Gasteiger partial charge in [0.15, 0.2) is 11.8 Å². The Balaban J connectivity index is 2.33. The lowest BCUT2D eigenvalue weighted by Gasteiger charge is -2.49. The fourth-order valence-corrected chi connectivity index (χ4v) is 7.84. The molecular weight excluding hydrogens is 683 g/mol. The number of esters is 1. The smallest absolute Gasteiger partial charge is 0.388 e. The van der Waals surface area contributed by atoms with E-state index in [1.165, 1.54) is 26.2 Å². The van der Waals surface area contributed by atoms with Crippen LogP contribution in [-0.2, 0) is 35.4 Å². The molecule has 0 spiro atoms. The van der Waals surface area contributed by atoms with Crippen molar-refractivity contribution in [1.82, 2.24) is 8.19 Å². The van der Waals surface area contributed by atoms with Crippen LogP contribution in [0.4, 0.5) is 30.2 Å². The highest BCUT2D eigenvalue weighted by molar-refractivity contribution is 9.10. The first kappa shape index (κ1) is 32.8. The quantitative estimate of drug-likeness (QED) is 0.290. The molecule has 2 atom stereocenters. The molecule has 1 amide bonds.